The molecule has 106 valence electrons. The highest BCUT2D eigenvalue weighted by Crippen LogP contribution is 2.50. The third-order valence-electron chi connectivity index (χ3n) is 4.95. The second kappa shape index (κ2) is 4.10. The maximum atomic E-state index is 12.6. The van der Waals surface area contributed by atoms with Gasteiger partial charge in [0.05, 0.1) is 17.5 Å². The number of ketones is 2. The van der Waals surface area contributed by atoms with Gasteiger partial charge >= 0.3 is 0 Å². The number of Topliss-reactive ketones (excluding diaryl/α,β-unsaturated/α-hetero) is 2. The van der Waals surface area contributed by atoms with Crippen LogP contribution in [0, 0.1) is 23.7 Å². The third-order valence-corrected chi connectivity index (χ3v) is 4.95. The molecule has 1 aromatic carbocycles. The SMILES string of the molecule is O=C1C[C@H]2C(=O)C[C@H]1[C@H]1C(=O)N(c3ccccc3)C(=O)[C@@H]12. The number of para-hydroxylation sites is 1. The molecule has 4 atom stereocenters. The molecule has 5 rings (SSSR count). The minimum absolute atomic E-state index is 0.0445. The summed E-state index contributed by atoms with van der Waals surface area (Å²) in [5.41, 5.74) is 0.515. The smallest absolute Gasteiger partial charge is 0.238 e. The zero-order valence-electron chi connectivity index (χ0n) is 11.2. The van der Waals surface area contributed by atoms with Crippen molar-refractivity contribution in [3.8, 4) is 0 Å². The van der Waals surface area contributed by atoms with E-state index in [-0.39, 0.29) is 36.2 Å². The Morgan fingerprint density at radius 1 is 0.762 bits per heavy atom. The minimum atomic E-state index is -0.637. The van der Waals surface area contributed by atoms with E-state index in [0.29, 0.717) is 5.69 Å². The van der Waals surface area contributed by atoms with Gasteiger partial charge in [-0.25, -0.2) is 0 Å². The Labute approximate surface area is 120 Å². The largest absolute Gasteiger partial charge is 0.299 e. The van der Waals surface area contributed by atoms with Crippen molar-refractivity contribution in [2.45, 2.75) is 12.8 Å². The van der Waals surface area contributed by atoms with Gasteiger partial charge in [0, 0.05) is 24.7 Å². The van der Waals surface area contributed by atoms with Gasteiger partial charge in [-0.05, 0) is 12.1 Å². The van der Waals surface area contributed by atoms with E-state index in [0.717, 1.165) is 4.90 Å². The molecule has 2 amide bonds. The number of fused-ring (bicyclic) bond motifs is 2. The van der Waals surface area contributed by atoms with Crippen molar-refractivity contribution in [2.75, 3.05) is 4.90 Å². The molecule has 5 nitrogen and oxygen atoms in total. The van der Waals surface area contributed by atoms with Crippen LogP contribution in [0.5, 0.6) is 0 Å². The zero-order chi connectivity index (χ0) is 14.7. The van der Waals surface area contributed by atoms with Crippen molar-refractivity contribution >= 4 is 29.1 Å². The van der Waals surface area contributed by atoms with Crippen LogP contribution in [0.4, 0.5) is 5.69 Å². The van der Waals surface area contributed by atoms with E-state index in [9.17, 15) is 19.2 Å². The first-order valence-electron chi connectivity index (χ1n) is 7.08. The summed E-state index contributed by atoms with van der Waals surface area (Å²) in [6, 6.07) is 8.70. The summed E-state index contributed by atoms with van der Waals surface area (Å²) >= 11 is 0. The fraction of sp³-hybridized carbons (Fsp3) is 0.375. The maximum Gasteiger partial charge on any atom is 0.238 e. The van der Waals surface area contributed by atoms with E-state index in [1.165, 1.54) is 0 Å². The number of carbonyl (C=O) groups excluding carboxylic acids is 4. The van der Waals surface area contributed by atoms with E-state index in [2.05, 4.69) is 0 Å². The number of hydrogen-bond donors (Lipinski definition) is 0. The molecule has 1 aliphatic heterocycles. The second-order valence-corrected chi connectivity index (χ2v) is 5.95. The van der Waals surface area contributed by atoms with Crippen LogP contribution in [0.15, 0.2) is 30.3 Å². The van der Waals surface area contributed by atoms with E-state index >= 15 is 0 Å². The van der Waals surface area contributed by atoms with Gasteiger partial charge in [-0.3, -0.25) is 24.1 Å². The summed E-state index contributed by atoms with van der Waals surface area (Å²) in [6.45, 7) is 0. The molecular formula is C16H13NO4. The average Bonchev–Trinajstić information content (AvgIpc) is 2.74. The van der Waals surface area contributed by atoms with E-state index in [4.69, 9.17) is 0 Å². The molecule has 1 aromatic rings. The highest BCUT2D eigenvalue weighted by molar-refractivity contribution is 6.25. The van der Waals surface area contributed by atoms with Crippen molar-refractivity contribution < 1.29 is 19.2 Å². The molecule has 5 heteroatoms. The lowest BCUT2D eigenvalue weighted by Crippen LogP contribution is -2.51. The molecule has 4 fully saturated rings. The summed E-state index contributed by atoms with van der Waals surface area (Å²) in [7, 11) is 0. The molecule has 3 saturated carbocycles. The summed E-state index contributed by atoms with van der Waals surface area (Å²) in [6.07, 6.45) is 0.235. The molecule has 0 unspecified atom stereocenters. The van der Waals surface area contributed by atoms with E-state index < -0.39 is 23.7 Å². The van der Waals surface area contributed by atoms with Crippen molar-refractivity contribution in [2.24, 2.45) is 23.7 Å². The van der Waals surface area contributed by atoms with Crippen LogP contribution in [-0.2, 0) is 19.2 Å². The van der Waals surface area contributed by atoms with Gasteiger partial charge in [0.15, 0.2) is 0 Å². The Morgan fingerprint density at radius 3 is 1.71 bits per heavy atom. The second-order valence-electron chi connectivity index (χ2n) is 5.95. The number of amides is 2. The van der Waals surface area contributed by atoms with E-state index in [1.54, 1.807) is 30.3 Å². The fourth-order valence-electron chi connectivity index (χ4n) is 4.01. The third kappa shape index (κ3) is 1.51. The molecule has 0 N–H and O–H groups in total. The molecule has 0 radical (unpaired) electrons. The lowest BCUT2D eigenvalue weighted by Gasteiger charge is -2.40. The number of hydrogen-bond acceptors (Lipinski definition) is 4. The average molecular weight is 283 g/mol. The molecule has 0 spiro atoms. The topological polar surface area (TPSA) is 71.5 Å². The number of anilines is 1. The Morgan fingerprint density at radius 2 is 1.24 bits per heavy atom. The number of rotatable bonds is 1. The first kappa shape index (κ1) is 12.4. The van der Waals surface area contributed by atoms with Gasteiger partial charge in [-0.1, -0.05) is 18.2 Å². The van der Waals surface area contributed by atoms with Crippen molar-refractivity contribution in [3.05, 3.63) is 30.3 Å². The monoisotopic (exact) mass is 283 g/mol. The highest BCUT2D eigenvalue weighted by Gasteiger charge is 2.63. The minimum Gasteiger partial charge on any atom is -0.299 e. The normalized spacial score (nSPS) is 34.6. The number of nitrogens with zero attached hydrogens (tertiary/aromatic N) is 1. The zero-order valence-corrected chi connectivity index (χ0v) is 11.2. The van der Waals surface area contributed by atoms with Gasteiger partial charge in [-0.15, -0.1) is 0 Å². The van der Waals surface area contributed by atoms with Crippen LogP contribution in [0.1, 0.15) is 12.8 Å². The Kier molecular flexibility index (Phi) is 2.43. The van der Waals surface area contributed by atoms with Crippen LogP contribution in [0.25, 0.3) is 0 Å². The summed E-state index contributed by atoms with van der Waals surface area (Å²) < 4.78 is 0. The molecule has 4 aliphatic rings. The van der Waals surface area contributed by atoms with Crippen molar-refractivity contribution in [1.82, 2.24) is 0 Å². The Bertz CT molecular complexity index is 641. The predicted molar refractivity (Wildman–Crippen MR) is 72.1 cm³/mol. The predicted octanol–water partition coefficient (Wildman–Crippen LogP) is 0.970. The van der Waals surface area contributed by atoms with Gasteiger partial charge in [0.25, 0.3) is 0 Å². The molecule has 3 aliphatic carbocycles. The first-order valence-corrected chi connectivity index (χ1v) is 7.08. The van der Waals surface area contributed by atoms with Crippen LogP contribution < -0.4 is 4.90 Å². The highest BCUT2D eigenvalue weighted by atomic mass is 16.2. The first-order chi connectivity index (χ1) is 10.1. The molecule has 21 heavy (non-hydrogen) atoms. The van der Waals surface area contributed by atoms with Gasteiger partial charge in [-0.2, -0.15) is 0 Å². The Balaban J connectivity index is 1.80. The molecular weight excluding hydrogens is 270 g/mol. The van der Waals surface area contributed by atoms with Gasteiger partial charge in [0.2, 0.25) is 11.8 Å². The van der Waals surface area contributed by atoms with Crippen LogP contribution >= 0.6 is 0 Å². The molecule has 0 aromatic heterocycles. The van der Waals surface area contributed by atoms with Gasteiger partial charge < -0.3 is 0 Å². The number of carbonyl (C=O) groups is 4. The lowest BCUT2D eigenvalue weighted by atomic mass is 9.58. The fourth-order valence-corrected chi connectivity index (χ4v) is 4.01. The van der Waals surface area contributed by atoms with Crippen LogP contribution in [0.2, 0.25) is 0 Å². The van der Waals surface area contributed by atoms with Crippen molar-refractivity contribution in [1.29, 1.82) is 0 Å². The molecule has 1 saturated heterocycles. The summed E-state index contributed by atoms with van der Waals surface area (Å²) in [5.74, 6) is -3.22. The molecule has 2 bridgehead atoms. The standard InChI is InChI=1S/C16H13NO4/c18-11-6-9-12(19)7-10(11)14-13(9)15(20)17(16(14)21)8-4-2-1-3-5-8/h1-5,9-10,13-14H,6-7H2/t9-,10+,13-,14-/m1/s1. The van der Waals surface area contributed by atoms with Crippen molar-refractivity contribution in [3.63, 3.8) is 0 Å². The number of benzene rings is 1. The maximum absolute atomic E-state index is 12.6. The summed E-state index contributed by atoms with van der Waals surface area (Å²) in [4.78, 5) is 50.4. The lowest BCUT2D eigenvalue weighted by molar-refractivity contribution is -0.153. The van der Waals surface area contributed by atoms with Crippen LogP contribution in [0.3, 0.4) is 0 Å². The number of imide groups is 1. The van der Waals surface area contributed by atoms with Crippen LogP contribution in [-0.4, -0.2) is 23.4 Å². The van der Waals surface area contributed by atoms with E-state index in [1.807, 2.05) is 0 Å². The summed E-state index contributed by atoms with van der Waals surface area (Å²) in [5, 5.41) is 0. The Hall–Kier alpha value is -2.30. The van der Waals surface area contributed by atoms with Gasteiger partial charge in [0.1, 0.15) is 11.6 Å². The quantitative estimate of drug-likeness (QED) is 0.720. The molecule has 1 heterocycles.